The Balaban J connectivity index is 1.81. The molecule has 1 saturated heterocycles. The average Bonchev–Trinajstić information content (AvgIpc) is 3.38. The van der Waals surface area contributed by atoms with E-state index >= 15 is 0 Å². The van der Waals surface area contributed by atoms with E-state index in [2.05, 4.69) is 10.3 Å². The van der Waals surface area contributed by atoms with Crippen molar-refractivity contribution >= 4 is 29.7 Å². The van der Waals surface area contributed by atoms with Gasteiger partial charge in [-0.05, 0) is 31.2 Å². The number of carbonyl (C=O) groups is 3. The van der Waals surface area contributed by atoms with E-state index in [-0.39, 0.29) is 17.9 Å². The lowest BCUT2D eigenvalue weighted by Crippen LogP contribution is -2.57. The number of rotatable bonds is 8. The molecule has 4 rings (SSSR count). The Morgan fingerprint density at radius 2 is 1.56 bits per heavy atom. The van der Waals surface area contributed by atoms with Crippen LogP contribution in [0.4, 0.5) is 13.2 Å². The van der Waals surface area contributed by atoms with Crippen molar-refractivity contribution in [2.24, 2.45) is 0 Å². The fraction of sp³-hybridized carbons (Fsp3) is 0.370. The fourth-order valence-electron chi connectivity index (χ4n) is 4.29. The number of carbonyl (C=O) groups excluding carboxylic acids is 3. The number of esters is 3. The molecule has 5 atom stereocenters. The molecule has 2 heterocycles. The molecule has 41 heavy (non-hydrogen) atoms. The first-order chi connectivity index (χ1) is 19.4. The van der Waals surface area contributed by atoms with E-state index in [9.17, 15) is 27.6 Å². The number of thioether (sulfide) groups is 1. The third-order valence-corrected chi connectivity index (χ3v) is 7.20. The molecule has 10 nitrogen and oxygen atoms in total. The number of aryl methyl sites for hydroxylation is 1. The highest BCUT2D eigenvalue weighted by Crippen LogP contribution is 2.41. The van der Waals surface area contributed by atoms with Gasteiger partial charge in [0.25, 0.3) is 0 Å². The van der Waals surface area contributed by atoms with Gasteiger partial charge in [0.15, 0.2) is 29.7 Å². The summed E-state index contributed by atoms with van der Waals surface area (Å²) in [4.78, 5) is 36.8. The van der Waals surface area contributed by atoms with Crippen LogP contribution in [-0.2, 0) is 33.3 Å². The van der Waals surface area contributed by atoms with E-state index in [0.29, 0.717) is 0 Å². The standard InChI is InChI=1S/C27H26F3N3O7S/c1-13-5-7-18(8-6-13)41-27-26(39-16(4)36)24(25(38-15(3)35)22(40-27)12-37-14(2)34)33-11-21(31-32-33)17-9-19(28)23(30)20(29)10-17/h5-11,22,24-27H,12H2,1-4H3/t22?,24?,25-,26?,27+/m0/s1. The molecule has 0 N–H and O–H groups in total. The Morgan fingerprint density at radius 3 is 2.15 bits per heavy atom. The van der Waals surface area contributed by atoms with E-state index < -0.39 is 65.1 Å². The van der Waals surface area contributed by atoms with Crippen LogP contribution in [0.1, 0.15) is 32.4 Å². The van der Waals surface area contributed by atoms with Gasteiger partial charge in [0.05, 0.1) is 6.20 Å². The Labute approximate surface area is 237 Å². The highest BCUT2D eigenvalue weighted by molar-refractivity contribution is 7.99. The van der Waals surface area contributed by atoms with E-state index in [4.69, 9.17) is 18.9 Å². The van der Waals surface area contributed by atoms with E-state index in [0.717, 1.165) is 29.5 Å². The largest absolute Gasteiger partial charge is 0.463 e. The van der Waals surface area contributed by atoms with Crippen LogP contribution in [0.2, 0.25) is 0 Å². The summed E-state index contributed by atoms with van der Waals surface area (Å²) in [6, 6.07) is 7.85. The molecular weight excluding hydrogens is 567 g/mol. The van der Waals surface area contributed by atoms with Crippen molar-refractivity contribution in [3.8, 4) is 11.3 Å². The SMILES string of the molecule is CC(=O)OCC1O[C@H](Sc2ccc(C)cc2)C(OC(C)=O)C(n2cc(-c3cc(F)c(F)c(F)c3)nn2)[C@H]1OC(C)=O. The van der Waals surface area contributed by atoms with Crippen LogP contribution < -0.4 is 0 Å². The van der Waals surface area contributed by atoms with Crippen molar-refractivity contribution in [2.75, 3.05) is 6.61 Å². The molecule has 1 fully saturated rings. The van der Waals surface area contributed by atoms with Gasteiger partial charge in [-0.1, -0.05) is 34.7 Å². The molecule has 0 spiro atoms. The summed E-state index contributed by atoms with van der Waals surface area (Å²) in [6.07, 6.45) is -2.13. The summed E-state index contributed by atoms with van der Waals surface area (Å²) in [5, 5.41) is 8.03. The van der Waals surface area contributed by atoms with Crippen LogP contribution >= 0.6 is 11.8 Å². The fourth-order valence-corrected chi connectivity index (χ4v) is 5.40. The minimum absolute atomic E-state index is 0.0447. The second-order valence-electron chi connectivity index (χ2n) is 9.25. The molecule has 3 unspecified atom stereocenters. The lowest BCUT2D eigenvalue weighted by atomic mass is 9.96. The molecule has 1 aliphatic heterocycles. The number of aromatic nitrogens is 3. The highest BCUT2D eigenvalue weighted by atomic mass is 32.2. The van der Waals surface area contributed by atoms with Crippen molar-refractivity contribution in [1.29, 1.82) is 0 Å². The van der Waals surface area contributed by atoms with Crippen LogP contribution in [0.5, 0.6) is 0 Å². The van der Waals surface area contributed by atoms with Crippen LogP contribution in [0, 0.1) is 24.4 Å². The van der Waals surface area contributed by atoms with Crippen LogP contribution in [0.25, 0.3) is 11.3 Å². The molecule has 0 bridgehead atoms. The maximum atomic E-state index is 13.9. The van der Waals surface area contributed by atoms with Gasteiger partial charge < -0.3 is 18.9 Å². The van der Waals surface area contributed by atoms with Gasteiger partial charge in [-0.15, -0.1) is 5.10 Å². The lowest BCUT2D eigenvalue weighted by molar-refractivity contribution is -0.212. The van der Waals surface area contributed by atoms with E-state index in [1.165, 1.54) is 36.5 Å². The topological polar surface area (TPSA) is 119 Å². The van der Waals surface area contributed by atoms with Crippen molar-refractivity contribution in [1.82, 2.24) is 15.0 Å². The van der Waals surface area contributed by atoms with Gasteiger partial charge in [0.1, 0.15) is 29.9 Å². The normalized spacial score (nSPS) is 22.2. The minimum atomic E-state index is -1.64. The summed E-state index contributed by atoms with van der Waals surface area (Å²) in [5.41, 5.74) is -0.0707. The molecule has 0 saturated carbocycles. The van der Waals surface area contributed by atoms with Crippen LogP contribution in [0.3, 0.4) is 0 Å². The molecule has 14 heteroatoms. The van der Waals surface area contributed by atoms with Crippen molar-refractivity contribution < 1.29 is 46.5 Å². The first kappa shape index (κ1) is 30.1. The summed E-state index contributed by atoms with van der Waals surface area (Å²) in [5.74, 6) is -6.49. The zero-order valence-electron chi connectivity index (χ0n) is 22.4. The predicted octanol–water partition coefficient (Wildman–Crippen LogP) is 4.16. The van der Waals surface area contributed by atoms with Crippen LogP contribution in [0.15, 0.2) is 47.5 Å². The maximum Gasteiger partial charge on any atom is 0.303 e. The zero-order chi connectivity index (χ0) is 29.8. The third kappa shape index (κ3) is 7.24. The number of halogens is 3. The second-order valence-corrected chi connectivity index (χ2v) is 10.4. The second kappa shape index (κ2) is 12.7. The molecule has 1 aromatic heterocycles. The zero-order valence-corrected chi connectivity index (χ0v) is 23.2. The monoisotopic (exact) mass is 593 g/mol. The van der Waals surface area contributed by atoms with Gasteiger partial charge in [0.2, 0.25) is 0 Å². The van der Waals surface area contributed by atoms with Crippen molar-refractivity contribution in [3.63, 3.8) is 0 Å². The average molecular weight is 594 g/mol. The first-order valence-electron chi connectivity index (χ1n) is 12.4. The molecule has 2 aromatic carbocycles. The summed E-state index contributed by atoms with van der Waals surface area (Å²) in [6.45, 7) is 5.14. The first-order valence-corrected chi connectivity index (χ1v) is 13.2. The Bertz CT molecular complexity index is 1410. The number of benzene rings is 2. The van der Waals surface area contributed by atoms with Crippen LogP contribution in [-0.4, -0.2) is 63.3 Å². The summed E-state index contributed by atoms with van der Waals surface area (Å²) in [7, 11) is 0. The highest BCUT2D eigenvalue weighted by Gasteiger charge is 2.52. The predicted molar refractivity (Wildman–Crippen MR) is 138 cm³/mol. The molecule has 0 aliphatic carbocycles. The number of nitrogens with zero attached hydrogens (tertiary/aromatic N) is 3. The van der Waals surface area contributed by atoms with Gasteiger partial charge in [0, 0.05) is 31.2 Å². The van der Waals surface area contributed by atoms with E-state index in [1.807, 2.05) is 31.2 Å². The molecule has 0 radical (unpaired) electrons. The summed E-state index contributed by atoms with van der Waals surface area (Å²) < 4.78 is 65.3. The molecule has 0 amide bonds. The van der Waals surface area contributed by atoms with Crippen molar-refractivity contribution in [3.05, 3.63) is 65.6 Å². The number of hydrogen-bond acceptors (Lipinski definition) is 10. The summed E-state index contributed by atoms with van der Waals surface area (Å²) >= 11 is 1.21. The smallest absolute Gasteiger partial charge is 0.303 e. The number of ether oxygens (including phenoxy) is 4. The third-order valence-electron chi connectivity index (χ3n) is 6.04. The van der Waals surface area contributed by atoms with Gasteiger partial charge in [-0.25, -0.2) is 17.9 Å². The molecule has 1 aliphatic rings. The van der Waals surface area contributed by atoms with Gasteiger partial charge in [-0.3, -0.25) is 14.4 Å². The Hall–Kier alpha value is -3.91. The van der Waals surface area contributed by atoms with E-state index in [1.54, 1.807) is 0 Å². The number of hydrogen-bond donors (Lipinski definition) is 0. The van der Waals surface area contributed by atoms with Crippen molar-refractivity contribution in [2.45, 2.75) is 62.4 Å². The Morgan fingerprint density at radius 1 is 0.951 bits per heavy atom. The molecular formula is C27H26F3N3O7S. The lowest BCUT2D eigenvalue weighted by Gasteiger charge is -2.44. The molecule has 3 aromatic rings. The van der Waals surface area contributed by atoms with Gasteiger partial charge in [-0.2, -0.15) is 0 Å². The minimum Gasteiger partial charge on any atom is -0.463 e. The molecule has 218 valence electrons. The maximum absolute atomic E-state index is 13.9. The quantitative estimate of drug-likeness (QED) is 0.214. The Kier molecular flexibility index (Phi) is 9.33. The van der Waals surface area contributed by atoms with Gasteiger partial charge >= 0.3 is 17.9 Å².